The molecule has 0 unspecified atom stereocenters. The number of nitrogens with zero attached hydrogens (tertiary/aromatic N) is 3. The van der Waals surface area contributed by atoms with Crippen molar-refractivity contribution in [2.75, 3.05) is 6.54 Å². The second-order valence-corrected chi connectivity index (χ2v) is 8.43. The lowest BCUT2D eigenvalue weighted by molar-refractivity contribution is 0.0950. The van der Waals surface area contributed by atoms with E-state index < -0.39 is 0 Å². The molecule has 0 atom stereocenters. The first kappa shape index (κ1) is 21.8. The van der Waals surface area contributed by atoms with Gasteiger partial charge >= 0.3 is 0 Å². The molecule has 8 heteroatoms. The lowest BCUT2D eigenvalue weighted by Crippen LogP contribution is -2.26. The number of thioether (sulfide) groups is 1. The van der Waals surface area contributed by atoms with Crippen LogP contribution in [0, 0.1) is 20.8 Å². The van der Waals surface area contributed by atoms with Gasteiger partial charge < -0.3 is 14.3 Å². The topological polar surface area (TPSA) is 94.1 Å². The smallest absolute Gasteiger partial charge is 0.254 e. The highest BCUT2D eigenvalue weighted by atomic mass is 32.2. The average molecular weight is 449 g/mol. The number of rotatable bonds is 8. The fourth-order valence-corrected chi connectivity index (χ4v) is 4.32. The van der Waals surface area contributed by atoms with Crippen molar-refractivity contribution in [2.45, 2.75) is 38.0 Å². The summed E-state index contributed by atoms with van der Waals surface area (Å²) < 4.78 is 10.8. The van der Waals surface area contributed by atoms with Crippen LogP contribution in [0.2, 0.25) is 0 Å². The van der Waals surface area contributed by atoms with Crippen LogP contribution in [0.4, 0.5) is 0 Å². The van der Waals surface area contributed by atoms with Crippen LogP contribution in [0.3, 0.4) is 0 Å². The highest BCUT2D eigenvalue weighted by Gasteiger charge is 2.16. The predicted molar refractivity (Wildman–Crippen MR) is 122 cm³/mol. The molecule has 0 aliphatic heterocycles. The first-order chi connectivity index (χ1) is 15.5. The number of pyridine rings is 1. The monoisotopic (exact) mass is 448 g/mol. The number of aromatic nitrogens is 3. The fourth-order valence-electron chi connectivity index (χ4n) is 3.18. The molecule has 3 aromatic heterocycles. The summed E-state index contributed by atoms with van der Waals surface area (Å²) in [5, 5.41) is 7.61. The van der Waals surface area contributed by atoms with Crippen molar-refractivity contribution in [3.63, 3.8) is 0 Å². The third-order valence-corrected chi connectivity index (χ3v) is 6.10. The van der Waals surface area contributed by atoms with Crippen molar-refractivity contribution in [1.82, 2.24) is 20.4 Å². The van der Waals surface area contributed by atoms with Gasteiger partial charge in [-0.25, -0.2) is 9.97 Å². The Kier molecular flexibility index (Phi) is 6.70. The lowest BCUT2D eigenvalue weighted by atomic mass is 10.1. The zero-order chi connectivity index (χ0) is 22.5. The highest BCUT2D eigenvalue weighted by molar-refractivity contribution is 7.98. The number of nitrogens with one attached hydrogen (secondary N) is 1. The second-order valence-electron chi connectivity index (χ2n) is 7.46. The van der Waals surface area contributed by atoms with E-state index >= 15 is 0 Å². The molecule has 0 saturated heterocycles. The zero-order valence-electron chi connectivity index (χ0n) is 18.2. The molecule has 0 bridgehead atoms. The number of aryl methyl sites for hydroxylation is 3. The van der Waals surface area contributed by atoms with Gasteiger partial charge in [0.25, 0.3) is 5.91 Å². The van der Waals surface area contributed by atoms with E-state index in [1.807, 2.05) is 45.0 Å². The van der Waals surface area contributed by atoms with Gasteiger partial charge in [-0.1, -0.05) is 22.9 Å². The van der Waals surface area contributed by atoms with Crippen LogP contribution < -0.4 is 5.32 Å². The summed E-state index contributed by atoms with van der Waals surface area (Å²) in [4.78, 5) is 21.7. The Bertz CT molecular complexity index is 1190. The molecule has 164 valence electrons. The first-order valence-corrected chi connectivity index (χ1v) is 11.3. The summed E-state index contributed by atoms with van der Waals surface area (Å²) in [6, 6.07) is 11.6. The second kappa shape index (κ2) is 9.82. The van der Waals surface area contributed by atoms with Crippen LogP contribution in [-0.2, 0) is 12.2 Å². The third kappa shape index (κ3) is 5.08. The van der Waals surface area contributed by atoms with Gasteiger partial charge in [0.2, 0.25) is 5.89 Å². The van der Waals surface area contributed by atoms with Crippen LogP contribution >= 0.6 is 11.8 Å². The molecule has 0 fully saturated rings. The summed E-state index contributed by atoms with van der Waals surface area (Å²) in [6.45, 7) is 6.28. The van der Waals surface area contributed by atoms with Gasteiger partial charge in [-0.15, -0.1) is 11.8 Å². The van der Waals surface area contributed by atoms with E-state index in [1.54, 1.807) is 24.6 Å². The molecule has 4 aromatic rings. The van der Waals surface area contributed by atoms with Crippen molar-refractivity contribution in [3.8, 4) is 11.5 Å². The first-order valence-electron chi connectivity index (χ1n) is 10.3. The van der Waals surface area contributed by atoms with Crippen LogP contribution in [-0.4, -0.2) is 27.6 Å². The van der Waals surface area contributed by atoms with Crippen LogP contribution in [0.15, 0.2) is 62.8 Å². The van der Waals surface area contributed by atoms with Gasteiger partial charge in [-0.05, 0) is 45.0 Å². The van der Waals surface area contributed by atoms with E-state index in [2.05, 4.69) is 20.4 Å². The quantitative estimate of drug-likeness (QED) is 0.383. The van der Waals surface area contributed by atoms with Crippen LogP contribution in [0.5, 0.6) is 0 Å². The van der Waals surface area contributed by atoms with Gasteiger partial charge in [-0.3, -0.25) is 4.79 Å². The molecule has 32 heavy (non-hydrogen) atoms. The minimum absolute atomic E-state index is 0.165. The maximum atomic E-state index is 12.8. The Labute approximate surface area is 190 Å². The van der Waals surface area contributed by atoms with Gasteiger partial charge in [0.1, 0.15) is 17.0 Å². The van der Waals surface area contributed by atoms with Crippen molar-refractivity contribution >= 4 is 17.7 Å². The maximum absolute atomic E-state index is 12.8. The van der Waals surface area contributed by atoms with Crippen LogP contribution in [0.25, 0.3) is 11.5 Å². The van der Waals surface area contributed by atoms with Gasteiger partial charge in [0.05, 0.1) is 17.0 Å². The Morgan fingerprint density at radius 1 is 1.12 bits per heavy atom. The molecule has 0 saturated carbocycles. The van der Waals surface area contributed by atoms with Crippen molar-refractivity contribution in [2.24, 2.45) is 0 Å². The molecule has 1 amide bonds. The number of hydrogen-bond donors (Lipinski definition) is 1. The summed E-state index contributed by atoms with van der Waals surface area (Å²) in [5.74, 6) is 1.84. The largest absolute Gasteiger partial charge is 0.444 e. The van der Waals surface area contributed by atoms with Crippen molar-refractivity contribution < 1.29 is 13.7 Å². The van der Waals surface area contributed by atoms with Crippen molar-refractivity contribution in [1.29, 1.82) is 0 Å². The molecule has 0 aliphatic carbocycles. The number of hydrogen-bond acceptors (Lipinski definition) is 7. The summed E-state index contributed by atoms with van der Waals surface area (Å²) >= 11 is 1.49. The number of oxazole rings is 1. The molecule has 0 aliphatic rings. The van der Waals surface area contributed by atoms with Gasteiger partial charge in [0.15, 0.2) is 0 Å². The van der Waals surface area contributed by atoms with Gasteiger partial charge in [-0.2, -0.15) is 0 Å². The minimum atomic E-state index is -0.165. The fraction of sp³-hybridized carbons (Fsp3) is 0.250. The number of benzene rings is 1. The standard InChI is InChI=1S/C24H24N4O3S/c1-15-6-8-18(9-7-15)23-27-19(13-30-23)10-12-25-22(29)20-5-4-11-26-24(20)32-14-21-16(2)28-31-17(21)3/h4-9,11,13H,10,12,14H2,1-3H3,(H,25,29). The summed E-state index contributed by atoms with van der Waals surface area (Å²) in [7, 11) is 0. The Morgan fingerprint density at radius 3 is 2.69 bits per heavy atom. The molecule has 3 heterocycles. The number of amides is 1. The van der Waals surface area contributed by atoms with E-state index in [9.17, 15) is 4.79 Å². The molecule has 0 spiro atoms. The Morgan fingerprint density at radius 2 is 1.94 bits per heavy atom. The van der Waals surface area contributed by atoms with E-state index in [0.717, 1.165) is 28.3 Å². The lowest BCUT2D eigenvalue weighted by Gasteiger charge is -2.08. The van der Waals surface area contributed by atoms with E-state index in [0.29, 0.717) is 35.2 Å². The van der Waals surface area contributed by atoms with E-state index in [1.165, 1.54) is 17.3 Å². The number of carbonyl (C=O) groups excluding carboxylic acids is 1. The predicted octanol–water partition coefficient (Wildman–Crippen LogP) is 4.91. The zero-order valence-corrected chi connectivity index (χ0v) is 19.0. The average Bonchev–Trinajstić information content (AvgIpc) is 3.39. The minimum Gasteiger partial charge on any atom is -0.444 e. The Balaban J connectivity index is 1.34. The SMILES string of the molecule is Cc1ccc(-c2nc(CCNC(=O)c3cccnc3SCc3c(C)noc3C)co2)cc1. The summed E-state index contributed by atoms with van der Waals surface area (Å²) in [5.41, 5.74) is 5.34. The Hall–Kier alpha value is -3.39. The van der Waals surface area contributed by atoms with Gasteiger partial charge in [0, 0.05) is 36.0 Å². The normalized spacial score (nSPS) is 11.0. The number of carbonyl (C=O) groups is 1. The van der Waals surface area contributed by atoms with Crippen LogP contribution in [0.1, 0.15) is 38.6 Å². The molecule has 1 aromatic carbocycles. The maximum Gasteiger partial charge on any atom is 0.254 e. The molecule has 1 N–H and O–H groups in total. The van der Waals surface area contributed by atoms with E-state index in [-0.39, 0.29) is 5.91 Å². The molecule has 0 radical (unpaired) electrons. The van der Waals surface area contributed by atoms with E-state index in [4.69, 9.17) is 8.94 Å². The molecular formula is C24H24N4O3S. The highest BCUT2D eigenvalue weighted by Crippen LogP contribution is 2.27. The van der Waals surface area contributed by atoms with Crippen molar-refractivity contribution in [3.05, 3.63) is 82.7 Å². The summed E-state index contributed by atoms with van der Waals surface area (Å²) in [6.07, 6.45) is 3.90. The third-order valence-electron chi connectivity index (χ3n) is 5.07. The molecular weight excluding hydrogens is 424 g/mol. The molecule has 4 rings (SSSR count). The molecule has 7 nitrogen and oxygen atoms in total.